The summed E-state index contributed by atoms with van der Waals surface area (Å²) < 4.78 is 28.1. The van der Waals surface area contributed by atoms with E-state index in [2.05, 4.69) is 10.8 Å². The third kappa shape index (κ3) is 4.40. The predicted octanol–water partition coefficient (Wildman–Crippen LogP) is 2.25. The van der Waals surface area contributed by atoms with Crippen LogP contribution in [0.25, 0.3) is 0 Å². The molecular formula is C13H17NO4S. The van der Waals surface area contributed by atoms with Crippen LogP contribution in [0.3, 0.4) is 0 Å². The van der Waals surface area contributed by atoms with E-state index in [1.807, 2.05) is 6.92 Å². The third-order valence-corrected chi connectivity index (χ3v) is 3.70. The van der Waals surface area contributed by atoms with E-state index in [0.717, 1.165) is 12.8 Å². The Bertz CT molecular complexity index is 561. The Kier molecular flexibility index (Phi) is 5.11. The van der Waals surface area contributed by atoms with E-state index in [1.54, 1.807) is 0 Å². The minimum atomic E-state index is -4.11. The monoisotopic (exact) mass is 283 g/mol. The fourth-order valence-electron chi connectivity index (χ4n) is 1.33. The zero-order chi connectivity index (χ0) is 14.5. The fraction of sp³-hybridized carbons (Fsp3) is 0.308. The molecule has 6 heteroatoms. The highest BCUT2D eigenvalue weighted by molar-refractivity contribution is 7.87. The molecule has 0 aliphatic rings. The lowest BCUT2D eigenvalue weighted by Gasteiger charge is -2.07. The molecule has 0 atom stereocenters. The second kappa shape index (κ2) is 6.38. The van der Waals surface area contributed by atoms with Gasteiger partial charge in [-0.3, -0.25) is 0 Å². The first-order valence-corrected chi connectivity index (χ1v) is 7.29. The third-order valence-electron chi connectivity index (χ3n) is 2.47. The maximum atomic E-state index is 11.8. The number of benzene rings is 1. The van der Waals surface area contributed by atoms with Crippen molar-refractivity contribution >= 4 is 21.8 Å². The summed E-state index contributed by atoms with van der Waals surface area (Å²) in [5.41, 5.74) is 6.04. The van der Waals surface area contributed by atoms with E-state index < -0.39 is 16.1 Å². The van der Waals surface area contributed by atoms with E-state index in [-0.39, 0.29) is 10.5 Å². The van der Waals surface area contributed by atoms with E-state index in [4.69, 9.17) is 5.73 Å². The molecule has 19 heavy (non-hydrogen) atoms. The number of hydrogen-bond acceptors (Lipinski definition) is 5. The van der Waals surface area contributed by atoms with Gasteiger partial charge in [0, 0.05) is 11.3 Å². The van der Waals surface area contributed by atoms with Crippen LogP contribution in [0.15, 0.2) is 41.3 Å². The Balaban J connectivity index is 2.77. The molecule has 0 fully saturated rings. The lowest BCUT2D eigenvalue weighted by Crippen LogP contribution is -2.14. The Hall–Kier alpha value is -1.82. The highest BCUT2D eigenvalue weighted by atomic mass is 32.2. The summed E-state index contributed by atoms with van der Waals surface area (Å²) in [7, 11) is -4.11. The Labute approximate surface area is 113 Å². The fourth-order valence-corrected chi connectivity index (χ4v) is 2.22. The molecule has 1 aromatic carbocycles. The molecule has 0 spiro atoms. The average Bonchev–Trinajstić information content (AvgIpc) is 2.35. The first kappa shape index (κ1) is 15.2. The quantitative estimate of drug-likeness (QED) is 0.491. The van der Waals surface area contributed by atoms with Gasteiger partial charge in [0.25, 0.3) is 0 Å². The van der Waals surface area contributed by atoms with Crippen LogP contribution in [0.4, 0.5) is 5.69 Å². The van der Waals surface area contributed by atoms with Crippen molar-refractivity contribution in [2.24, 2.45) is 0 Å². The molecule has 0 unspecified atom stereocenters. The normalized spacial score (nSPS) is 11.0. The zero-order valence-electron chi connectivity index (χ0n) is 10.8. The molecule has 104 valence electrons. The largest absolute Gasteiger partial charge is 0.399 e. The summed E-state index contributed by atoms with van der Waals surface area (Å²) in [4.78, 5) is 11.5. The summed E-state index contributed by atoms with van der Waals surface area (Å²) in [6, 6.07) is 5.42. The molecule has 5 nitrogen and oxygen atoms in total. The van der Waals surface area contributed by atoms with Gasteiger partial charge in [-0.15, -0.1) is 0 Å². The molecule has 0 bridgehead atoms. The van der Waals surface area contributed by atoms with Crippen LogP contribution in [0.5, 0.6) is 0 Å². The van der Waals surface area contributed by atoms with Crippen molar-refractivity contribution in [3.63, 3.8) is 0 Å². The van der Waals surface area contributed by atoms with Crippen LogP contribution in [0.2, 0.25) is 0 Å². The number of anilines is 1. The smallest absolute Gasteiger partial charge is 0.349 e. The van der Waals surface area contributed by atoms with Gasteiger partial charge in [-0.25, -0.2) is 4.79 Å². The van der Waals surface area contributed by atoms with Crippen LogP contribution >= 0.6 is 0 Å². The van der Waals surface area contributed by atoms with Gasteiger partial charge in [0.05, 0.1) is 0 Å². The molecular weight excluding hydrogens is 266 g/mol. The second-order valence-electron chi connectivity index (χ2n) is 4.10. The maximum Gasteiger partial charge on any atom is 0.349 e. The van der Waals surface area contributed by atoms with Gasteiger partial charge < -0.3 is 9.92 Å². The van der Waals surface area contributed by atoms with Crippen LogP contribution in [0, 0.1) is 0 Å². The van der Waals surface area contributed by atoms with Crippen molar-refractivity contribution < 1.29 is 17.4 Å². The maximum absolute atomic E-state index is 11.8. The second-order valence-corrected chi connectivity index (χ2v) is 5.65. The summed E-state index contributed by atoms with van der Waals surface area (Å²) in [6.45, 7) is 5.49. The number of unbranched alkanes of at least 4 members (excludes halogenated alkanes) is 1. The number of rotatable bonds is 6. The van der Waals surface area contributed by atoms with Crippen LogP contribution in [-0.4, -0.2) is 14.4 Å². The molecule has 1 aromatic rings. The van der Waals surface area contributed by atoms with E-state index in [9.17, 15) is 13.2 Å². The molecule has 0 heterocycles. The zero-order valence-corrected chi connectivity index (χ0v) is 11.6. The van der Waals surface area contributed by atoms with Crippen molar-refractivity contribution in [1.29, 1.82) is 0 Å². The molecule has 0 saturated carbocycles. The van der Waals surface area contributed by atoms with E-state index in [0.29, 0.717) is 12.1 Å². The Morgan fingerprint density at radius 3 is 2.42 bits per heavy atom. The summed E-state index contributed by atoms with van der Waals surface area (Å²) in [5.74, 6) is -0.912. The van der Waals surface area contributed by atoms with Crippen LogP contribution in [-0.2, 0) is 19.1 Å². The number of nitrogen functional groups attached to an aromatic ring is 1. The highest BCUT2D eigenvalue weighted by Gasteiger charge is 2.21. The summed E-state index contributed by atoms with van der Waals surface area (Å²) in [5, 5.41) is 0. The number of carbonyl (C=O) groups excluding carboxylic acids is 1. The molecule has 0 aliphatic carbocycles. The summed E-state index contributed by atoms with van der Waals surface area (Å²) >= 11 is 0. The van der Waals surface area contributed by atoms with Crippen molar-refractivity contribution in [3.8, 4) is 0 Å². The van der Waals surface area contributed by atoms with Gasteiger partial charge in [0.2, 0.25) is 0 Å². The molecule has 0 saturated heterocycles. The first-order chi connectivity index (χ1) is 8.86. The van der Waals surface area contributed by atoms with Gasteiger partial charge in [-0.05, 0) is 37.1 Å². The van der Waals surface area contributed by atoms with E-state index >= 15 is 0 Å². The molecule has 1 rings (SSSR count). The highest BCUT2D eigenvalue weighted by Crippen LogP contribution is 2.17. The SMILES string of the molecule is C=C(CCCC)C(=O)OS(=O)(=O)c1ccc(N)cc1. The number of carbonyl (C=O) groups is 1. The van der Waals surface area contributed by atoms with Gasteiger partial charge >= 0.3 is 16.1 Å². The minimum Gasteiger partial charge on any atom is -0.399 e. The van der Waals surface area contributed by atoms with Crippen LogP contribution in [0.1, 0.15) is 26.2 Å². The number of nitrogens with two attached hydrogens (primary N) is 1. The molecule has 0 radical (unpaired) electrons. The molecule has 0 aromatic heterocycles. The average molecular weight is 283 g/mol. The predicted molar refractivity (Wildman–Crippen MR) is 72.8 cm³/mol. The van der Waals surface area contributed by atoms with Crippen molar-refractivity contribution in [2.45, 2.75) is 31.1 Å². The summed E-state index contributed by atoms with van der Waals surface area (Å²) in [6.07, 6.45) is 2.07. The molecule has 2 N–H and O–H groups in total. The van der Waals surface area contributed by atoms with Gasteiger partial charge in [0.1, 0.15) is 4.90 Å². The lowest BCUT2D eigenvalue weighted by molar-refractivity contribution is -0.129. The van der Waals surface area contributed by atoms with Crippen molar-refractivity contribution in [1.82, 2.24) is 0 Å². The standard InChI is InChI=1S/C13H17NO4S/c1-3-4-5-10(2)13(15)18-19(16,17)12-8-6-11(14)7-9-12/h6-9H,2-5,14H2,1H3. The van der Waals surface area contributed by atoms with Crippen LogP contribution < -0.4 is 5.73 Å². The van der Waals surface area contributed by atoms with Gasteiger partial charge in [0.15, 0.2) is 0 Å². The Morgan fingerprint density at radius 1 is 1.32 bits per heavy atom. The van der Waals surface area contributed by atoms with E-state index in [1.165, 1.54) is 24.3 Å². The van der Waals surface area contributed by atoms with Gasteiger partial charge in [-0.1, -0.05) is 19.9 Å². The Morgan fingerprint density at radius 2 is 1.89 bits per heavy atom. The first-order valence-electron chi connectivity index (χ1n) is 5.89. The minimum absolute atomic E-state index is 0.113. The van der Waals surface area contributed by atoms with Crippen molar-refractivity contribution in [3.05, 3.63) is 36.4 Å². The van der Waals surface area contributed by atoms with Gasteiger partial charge in [-0.2, -0.15) is 8.42 Å². The molecule has 0 aliphatic heterocycles. The number of hydrogen-bond donors (Lipinski definition) is 1. The van der Waals surface area contributed by atoms with Crippen molar-refractivity contribution in [2.75, 3.05) is 5.73 Å². The molecule has 0 amide bonds. The lowest BCUT2D eigenvalue weighted by atomic mass is 10.1. The topological polar surface area (TPSA) is 86.5 Å².